The molecular weight excluding hydrogens is 404 g/mol. The van der Waals surface area contributed by atoms with Crippen molar-refractivity contribution in [3.8, 4) is 0 Å². The van der Waals surface area contributed by atoms with Gasteiger partial charge in [0.2, 0.25) is 0 Å². The molecule has 2 aromatic carbocycles. The van der Waals surface area contributed by atoms with Crippen molar-refractivity contribution in [2.75, 3.05) is 17.4 Å². The van der Waals surface area contributed by atoms with Gasteiger partial charge >= 0.3 is 6.03 Å². The van der Waals surface area contributed by atoms with Crippen molar-refractivity contribution in [3.63, 3.8) is 0 Å². The summed E-state index contributed by atoms with van der Waals surface area (Å²) < 4.78 is 0. The van der Waals surface area contributed by atoms with E-state index in [9.17, 15) is 4.79 Å². The average molecular weight is 417 g/mol. The molecule has 1 heterocycles. The number of nitrogens with one attached hydrogen (secondary N) is 1. The minimum Gasteiger partial charge on any atom is -0.331 e. The number of urea groups is 1. The molecule has 0 bridgehead atoms. The molecule has 1 atom stereocenters. The fourth-order valence-corrected chi connectivity index (χ4v) is 3.82. The summed E-state index contributed by atoms with van der Waals surface area (Å²) in [4.78, 5) is 11.9. The number of carbonyl (C=O) groups excluding carboxylic acids is 1. The second kappa shape index (κ2) is 7.83. The predicted molar refractivity (Wildman–Crippen MR) is 105 cm³/mol. The van der Waals surface area contributed by atoms with Crippen molar-refractivity contribution < 1.29 is 4.79 Å². The van der Waals surface area contributed by atoms with E-state index in [1.807, 2.05) is 12.1 Å². The third-order valence-electron chi connectivity index (χ3n) is 3.82. The van der Waals surface area contributed by atoms with Crippen molar-refractivity contribution in [1.82, 2.24) is 5.32 Å². The Morgan fingerprint density at radius 1 is 1.12 bits per heavy atom. The van der Waals surface area contributed by atoms with E-state index in [1.54, 1.807) is 30.5 Å². The summed E-state index contributed by atoms with van der Waals surface area (Å²) in [6.07, 6.45) is 1.59. The molecule has 0 radical (unpaired) electrons. The van der Waals surface area contributed by atoms with Crippen LogP contribution in [0.25, 0.3) is 0 Å². The first-order chi connectivity index (χ1) is 12.0. The molecule has 0 saturated carbocycles. The zero-order valence-electron chi connectivity index (χ0n) is 12.8. The molecule has 0 saturated heterocycles. The van der Waals surface area contributed by atoms with Crippen LogP contribution in [0.4, 0.5) is 10.5 Å². The highest BCUT2D eigenvalue weighted by atomic mass is 35.5. The average Bonchev–Trinajstić information content (AvgIpc) is 2.59. The summed E-state index contributed by atoms with van der Waals surface area (Å²) >= 11 is 25.1. The zero-order valence-corrected chi connectivity index (χ0v) is 15.9. The molecule has 25 heavy (non-hydrogen) atoms. The molecule has 4 nitrogen and oxygen atoms in total. The van der Waals surface area contributed by atoms with Gasteiger partial charge in [-0.2, -0.15) is 10.1 Å². The number of hydrogen-bond acceptors (Lipinski definition) is 2. The largest absolute Gasteiger partial charge is 0.342 e. The second-order valence-electron chi connectivity index (χ2n) is 5.38. The number of nitrogens with zero attached hydrogens (tertiary/aromatic N) is 2. The van der Waals surface area contributed by atoms with Gasteiger partial charge in [-0.1, -0.05) is 46.9 Å². The molecule has 2 amide bonds. The van der Waals surface area contributed by atoms with Crippen LogP contribution in [0.1, 0.15) is 17.0 Å². The van der Waals surface area contributed by atoms with Gasteiger partial charge in [-0.25, -0.2) is 4.79 Å². The highest BCUT2D eigenvalue weighted by molar-refractivity contribution is 6.37. The summed E-state index contributed by atoms with van der Waals surface area (Å²) in [6.45, 7) is 0.389. The van der Waals surface area contributed by atoms with E-state index >= 15 is 0 Å². The summed E-state index contributed by atoms with van der Waals surface area (Å²) in [5.74, 6) is 0.0923. The number of rotatable bonds is 4. The van der Waals surface area contributed by atoms with Gasteiger partial charge in [0.05, 0.1) is 12.2 Å². The monoisotopic (exact) mass is 415 g/mol. The van der Waals surface area contributed by atoms with Crippen LogP contribution in [0, 0.1) is 0 Å². The molecule has 3 rings (SSSR count). The Morgan fingerprint density at radius 2 is 1.76 bits per heavy atom. The predicted octanol–water partition coefficient (Wildman–Crippen LogP) is 5.53. The lowest BCUT2D eigenvalue weighted by atomic mass is 9.92. The molecule has 130 valence electrons. The molecule has 8 heteroatoms. The number of halogens is 4. The van der Waals surface area contributed by atoms with Gasteiger partial charge in [0.25, 0.3) is 0 Å². The van der Waals surface area contributed by atoms with Gasteiger partial charge in [-0.3, -0.25) is 0 Å². The maximum atomic E-state index is 11.9. The third-order valence-corrected chi connectivity index (χ3v) is 5.00. The lowest BCUT2D eigenvalue weighted by molar-refractivity contribution is 0.247. The van der Waals surface area contributed by atoms with Crippen molar-refractivity contribution in [1.29, 1.82) is 0 Å². The second-order valence-corrected chi connectivity index (χ2v) is 6.94. The van der Waals surface area contributed by atoms with E-state index in [-0.39, 0.29) is 11.9 Å². The van der Waals surface area contributed by atoms with Gasteiger partial charge < -0.3 is 5.32 Å². The zero-order chi connectivity index (χ0) is 18.0. The number of anilines is 1. The standard InChI is InChI=1S/C17H13Cl4N3O/c18-9-13(10-1-3-11(19)4-2-10)16-14(20)7-12(8-15(16)21)24-17(25)22-5-6-23-24/h1-4,6-8,13H,5,9H2,(H,22,25). The SMILES string of the molecule is O=C1NCC=NN1c1cc(Cl)c(C(CCl)c2ccc(Cl)cc2)c(Cl)c1. The van der Waals surface area contributed by atoms with E-state index in [1.165, 1.54) is 5.01 Å². The molecule has 0 aromatic heterocycles. The Hall–Kier alpha value is -1.46. The van der Waals surface area contributed by atoms with Gasteiger partial charge in [-0.05, 0) is 35.4 Å². The molecule has 0 aliphatic carbocycles. The van der Waals surface area contributed by atoms with E-state index < -0.39 is 0 Å². The number of amides is 2. The van der Waals surface area contributed by atoms with Crippen molar-refractivity contribution >= 4 is 64.3 Å². The first-order valence-corrected chi connectivity index (χ1v) is 9.09. The van der Waals surface area contributed by atoms with Gasteiger partial charge in [0.15, 0.2) is 0 Å². The maximum Gasteiger partial charge on any atom is 0.342 e. The van der Waals surface area contributed by atoms with E-state index in [0.717, 1.165) is 5.56 Å². The van der Waals surface area contributed by atoms with Crippen LogP contribution in [0.5, 0.6) is 0 Å². The summed E-state index contributed by atoms with van der Waals surface area (Å²) in [7, 11) is 0. The van der Waals surface area contributed by atoms with Crippen LogP contribution >= 0.6 is 46.4 Å². The van der Waals surface area contributed by atoms with Gasteiger partial charge in [0, 0.05) is 33.1 Å². The summed E-state index contributed by atoms with van der Waals surface area (Å²) in [5.41, 5.74) is 2.13. The molecule has 1 aliphatic heterocycles. The van der Waals surface area contributed by atoms with Gasteiger partial charge in [-0.15, -0.1) is 11.6 Å². The number of benzene rings is 2. The minimum atomic E-state index is -0.339. The third kappa shape index (κ3) is 3.87. The van der Waals surface area contributed by atoms with Crippen LogP contribution in [-0.2, 0) is 0 Å². The van der Waals surface area contributed by atoms with Crippen LogP contribution in [0.15, 0.2) is 41.5 Å². The normalized spacial score (nSPS) is 15.2. The molecule has 0 fully saturated rings. The van der Waals surface area contributed by atoms with Crippen molar-refractivity contribution in [2.24, 2.45) is 5.10 Å². The molecule has 0 spiro atoms. The topological polar surface area (TPSA) is 44.7 Å². The molecular formula is C17H13Cl4N3O. The summed E-state index contributed by atoms with van der Waals surface area (Å²) in [6, 6.07) is 10.3. The Labute approximate surface area is 165 Å². The van der Waals surface area contributed by atoms with Crippen LogP contribution in [0.2, 0.25) is 15.1 Å². The maximum absolute atomic E-state index is 11.9. The van der Waals surface area contributed by atoms with E-state index in [4.69, 9.17) is 46.4 Å². The Bertz CT molecular complexity index is 800. The molecule has 1 aliphatic rings. The number of hydrazone groups is 1. The minimum absolute atomic E-state index is 0.202. The smallest absolute Gasteiger partial charge is 0.331 e. The number of carbonyl (C=O) groups is 1. The van der Waals surface area contributed by atoms with E-state index in [2.05, 4.69) is 10.4 Å². The Morgan fingerprint density at radius 3 is 2.32 bits per heavy atom. The Balaban J connectivity index is 2.02. The lowest BCUT2D eigenvalue weighted by Gasteiger charge is -2.24. The summed E-state index contributed by atoms with van der Waals surface area (Å²) in [5, 5.41) is 9.41. The fourth-order valence-electron chi connectivity index (χ4n) is 2.62. The fraction of sp³-hybridized carbons (Fsp3) is 0.176. The quantitative estimate of drug-likeness (QED) is 0.654. The highest BCUT2D eigenvalue weighted by Crippen LogP contribution is 2.39. The van der Waals surface area contributed by atoms with Crippen LogP contribution in [0.3, 0.4) is 0 Å². The molecule has 2 aromatic rings. The van der Waals surface area contributed by atoms with E-state index in [0.29, 0.717) is 38.7 Å². The van der Waals surface area contributed by atoms with Crippen LogP contribution < -0.4 is 10.3 Å². The van der Waals surface area contributed by atoms with Gasteiger partial charge in [0.1, 0.15) is 0 Å². The number of hydrogen-bond donors (Lipinski definition) is 1. The molecule has 1 unspecified atom stereocenters. The van der Waals surface area contributed by atoms with Crippen LogP contribution in [-0.4, -0.2) is 24.7 Å². The first kappa shape index (κ1) is 18.3. The Kier molecular flexibility index (Phi) is 5.74. The van der Waals surface area contributed by atoms with Crippen molar-refractivity contribution in [3.05, 3.63) is 62.6 Å². The first-order valence-electron chi connectivity index (χ1n) is 7.42. The van der Waals surface area contributed by atoms with Crippen molar-refractivity contribution in [2.45, 2.75) is 5.92 Å². The molecule has 1 N–H and O–H groups in total. The lowest BCUT2D eigenvalue weighted by Crippen LogP contribution is -2.41. The number of alkyl halides is 1. The highest BCUT2D eigenvalue weighted by Gasteiger charge is 2.24.